The van der Waals surface area contributed by atoms with Crippen LogP contribution in [0.5, 0.6) is 0 Å². The maximum absolute atomic E-state index is 12.4. The zero-order valence-corrected chi connectivity index (χ0v) is 14.7. The molecule has 2 unspecified atom stereocenters. The summed E-state index contributed by atoms with van der Waals surface area (Å²) in [4.78, 5) is 24.2. The molecule has 7 heteroatoms. The lowest BCUT2D eigenvalue weighted by Crippen LogP contribution is -2.50. The average molecular weight is 356 g/mol. The van der Waals surface area contributed by atoms with Gasteiger partial charge in [-0.15, -0.1) is 12.4 Å². The first-order valence-corrected chi connectivity index (χ1v) is 7.92. The van der Waals surface area contributed by atoms with E-state index >= 15 is 0 Å². The van der Waals surface area contributed by atoms with Crippen molar-refractivity contribution in [3.8, 4) is 0 Å². The number of nitrogens with one attached hydrogen (secondary N) is 1. The summed E-state index contributed by atoms with van der Waals surface area (Å²) in [6.07, 6.45) is 1.06. The predicted octanol–water partition coefficient (Wildman–Crippen LogP) is 1.14. The number of nitrogens with two attached hydrogens (primary N) is 2. The van der Waals surface area contributed by atoms with Crippen molar-refractivity contribution in [1.82, 2.24) is 5.32 Å². The van der Waals surface area contributed by atoms with Crippen molar-refractivity contribution in [3.63, 3.8) is 0 Å². The fourth-order valence-electron chi connectivity index (χ4n) is 2.82. The van der Waals surface area contributed by atoms with E-state index in [0.29, 0.717) is 26.1 Å². The van der Waals surface area contributed by atoms with Crippen molar-refractivity contribution < 1.29 is 14.3 Å². The Morgan fingerprint density at radius 1 is 1.25 bits per heavy atom. The van der Waals surface area contributed by atoms with E-state index in [1.807, 2.05) is 30.3 Å². The molecule has 2 rings (SSSR count). The van der Waals surface area contributed by atoms with E-state index in [1.165, 1.54) is 0 Å². The van der Waals surface area contributed by atoms with Gasteiger partial charge in [0.25, 0.3) is 0 Å². The Kier molecular flexibility index (Phi) is 7.66. The second-order valence-electron chi connectivity index (χ2n) is 6.20. The Bertz CT molecular complexity index is 547. The molecule has 5 N–H and O–H groups in total. The van der Waals surface area contributed by atoms with Crippen LogP contribution in [0.3, 0.4) is 0 Å². The van der Waals surface area contributed by atoms with Crippen LogP contribution in [0.4, 0.5) is 0 Å². The van der Waals surface area contributed by atoms with Crippen LogP contribution >= 0.6 is 12.4 Å². The highest BCUT2D eigenvalue weighted by atomic mass is 35.5. The van der Waals surface area contributed by atoms with Crippen LogP contribution in [0.25, 0.3) is 0 Å². The molecule has 1 heterocycles. The number of amides is 2. The summed E-state index contributed by atoms with van der Waals surface area (Å²) in [6, 6.07) is 9.10. The monoisotopic (exact) mass is 355 g/mol. The molecule has 24 heavy (non-hydrogen) atoms. The largest absolute Gasteiger partial charge is 0.381 e. The maximum Gasteiger partial charge on any atom is 0.225 e. The van der Waals surface area contributed by atoms with Crippen molar-refractivity contribution in [1.29, 1.82) is 0 Å². The second-order valence-corrected chi connectivity index (χ2v) is 6.20. The van der Waals surface area contributed by atoms with E-state index in [1.54, 1.807) is 6.92 Å². The third kappa shape index (κ3) is 4.69. The summed E-state index contributed by atoms with van der Waals surface area (Å²) >= 11 is 0. The lowest BCUT2D eigenvalue weighted by Gasteiger charge is -2.34. The molecule has 2 amide bonds. The summed E-state index contributed by atoms with van der Waals surface area (Å²) in [6.45, 7) is 2.99. The SMILES string of the molecule is CC(C(=O)NCC1(C(N)=O)CCOCC1)C(N)c1ccccc1.Cl. The minimum atomic E-state index is -0.718. The Hall–Kier alpha value is -1.63. The molecule has 1 aliphatic heterocycles. The van der Waals surface area contributed by atoms with Gasteiger partial charge in [0.15, 0.2) is 0 Å². The van der Waals surface area contributed by atoms with Crippen LogP contribution < -0.4 is 16.8 Å². The molecule has 1 aromatic rings. The van der Waals surface area contributed by atoms with Crippen molar-refractivity contribution in [3.05, 3.63) is 35.9 Å². The predicted molar refractivity (Wildman–Crippen MR) is 94.5 cm³/mol. The van der Waals surface area contributed by atoms with Crippen molar-refractivity contribution in [2.45, 2.75) is 25.8 Å². The quantitative estimate of drug-likeness (QED) is 0.711. The number of benzene rings is 1. The van der Waals surface area contributed by atoms with Gasteiger partial charge in [0.05, 0.1) is 11.3 Å². The summed E-state index contributed by atoms with van der Waals surface area (Å²) in [5.41, 5.74) is 11.9. The van der Waals surface area contributed by atoms with E-state index in [0.717, 1.165) is 5.56 Å². The Balaban J connectivity index is 0.00000288. The summed E-state index contributed by atoms with van der Waals surface area (Å²) < 4.78 is 5.28. The van der Waals surface area contributed by atoms with Gasteiger partial charge in [-0.2, -0.15) is 0 Å². The molecule has 1 saturated heterocycles. The van der Waals surface area contributed by atoms with Gasteiger partial charge < -0.3 is 21.5 Å². The molecule has 0 aromatic heterocycles. The number of rotatable bonds is 6. The molecule has 0 spiro atoms. The van der Waals surface area contributed by atoms with Crippen LogP contribution in [0.2, 0.25) is 0 Å². The van der Waals surface area contributed by atoms with Crippen LogP contribution in [-0.4, -0.2) is 31.6 Å². The fraction of sp³-hybridized carbons (Fsp3) is 0.529. The molecule has 0 saturated carbocycles. The molecule has 1 aromatic carbocycles. The number of primary amides is 1. The molecule has 134 valence electrons. The number of hydrogen-bond acceptors (Lipinski definition) is 4. The molecule has 6 nitrogen and oxygen atoms in total. The van der Waals surface area contributed by atoms with Gasteiger partial charge in [-0.1, -0.05) is 37.3 Å². The highest BCUT2D eigenvalue weighted by Gasteiger charge is 2.39. The first-order chi connectivity index (χ1) is 11.0. The van der Waals surface area contributed by atoms with Gasteiger partial charge in [-0.3, -0.25) is 9.59 Å². The number of ether oxygens (including phenoxy) is 1. The normalized spacial score (nSPS) is 18.8. The topological polar surface area (TPSA) is 107 Å². The summed E-state index contributed by atoms with van der Waals surface area (Å²) in [5.74, 6) is -0.961. The van der Waals surface area contributed by atoms with Gasteiger partial charge in [-0.05, 0) is 18.4 Å². The Morgan fingerprint density at radius 3 is 2.38 bits per heavy atom. The van der Waals surface area contributed by atoms with Gasteiger partial charge in [0, 0.05) is 25.8 Å². The summed E-state index contributed by atoms with van der Waals surface area (Å²) in [7, 11) is 0. The smallest absolute Gasteiger partial charge is 0.225 e. The molecule has 0 bridgehead atoms. The molecule has 0 aliphatic carbocycles. The van der Waals surface area contributed by atoms with Gasteiger partial charge in [-0.25, -0.2) is 0 Å². The molecular weight excluding hydrogens is 330 g/mol. The van der Waals surface area contributed by atoms with E-state index in [9.17, 15) is 9.59 Å². The summed E-state index contributed by atoms with van der Waals surface area (Å²) in [5, 5.41) is 2.85. The Morgan fingerprint density at radius 2 is 1.83 bits per heavy atom. The van der Waals surface area contributed by atoms with Crippen molar-refractivity contribution in [2.24, 2.45) is 22.8 Å². The molecule has 1 aliphatic rings. The van der Waals surface area contributed by atoms with Crippen molar-refractivity contribution >= 4 is 24.2 Å². The number of halogens is 1. The lowest BCUT2D eigenvalue weighted by molar-refractivity contribution is -0.134. The molecule has 1 fully saturated rings. The minimum Gasteiger partial charge on any atom is -0.381 e. The number of carbonyl (C=O) groups is 2. The zero-order chi connectivity index (χ0) is 16.9. The highest BCUT2D eigenvalue weighted by Crippen LogP contribution is 2.29. The number of carbonyl (C=O) groups excluding carboxylic acids is 2. The van der Waals surface area contributed by atoms with Crippen LogP contribution in [0.1, 0.15) is 31.4 Å². The number of hydrogen-bond donors (Lipinski definition) is 3. The third-order valence-electron chi connectivity index (χ3n) is 4.71. The zero-order valence-electron chi connectivity index (χ0n) is 13.9. The minimum absolute atomic E-state index is 0. The van der Waals surface area contributed by atoms with Crippen molar-refractivity contribution in [2.75, 3.05) is 19.8 Å². The second kappa shape index (κ2) is 9.01. The van der Waals surface area contributed by atoms with Crippen LogP contribution in [0, 0.1) is 11.3 Å². The molecule has 2 atom stereocenters. The van der Waals surface area contributed by atoms with E-state index in [-0.39, 0.29) is 30.8 Å². The van der Waals surface area contributed by atoms with Gasteiger partial charge in [0.2, 0.25) is 11.8 Å². The highest BCUT2D eigenvalue weighted by molar-refractivity contribution is 5.85. The van der Waals surface area contributed by atoms with Crippen LogP contribution in [-0.2, 0) is 14.3 Å². The van der Waals surface area contributed by atoms with Gasteiger partial charge in [0.1, 0.15) is 0 Å². The van der Waals surface area contributed by atoms with Crippen LogP contribution in [0.15, 0.2) is 30.3 Å². The standard InChI is InChI=1S/C17H25N3O3.ClH/c1-12(14(18)13-5-3-2-4-6-13)15(21)20-11-17(16(19)22)7-9-23-10-8-17;/h2-6,12,14H,7-11,18H2,1H3,(H2,19,22)(H,20,21);1H. The fourth-order valence-corrected chi connectivity index (χ4v) is 2.82. The van der Waals surface area contributed by atoms with Gasteiger partial charge >= 0.3 is 0 Å². The first-order valence-electron chi connectivity index (χ1n) is 7.92. The van der Waals surface area contributed by atoms with E-state index in [4.69, 9.17) is 16.2 Å². The third-order valence-corrected chi connectivity index (χ3v) is 4.71. The first kappa shape index (κ1) is 20.4. The molecule has 0 radical (unpaired) electrons. The lowest BCUT2D eigenvalue weighted by atomic mass is 9.79. The Labute approximate surface area is 148 Å². The average Bonchev–Trinajstić information content (AvgIpc) is 2.59. The van der Waals surface area contributed by atoms with E-state index < -0.39 is 17.4 Å². The molecular formula is C17H26ClN3O3. The maximum atomic E-state index is 12.4. The van der Waals surface area contributed by atoms with E-state index in [2.05, 4.69) is 5.32 Å².